The van der Waals surface area contributed by atoms with Crippen LogP contribution in [0.25, 0.3) is 10.9 Å². The van der Waals surface area contributed by atoms with Crippen molar-refractivity contribution < 1.29 is 5.11 Å². The van der Waals surface area contributed by atoms with Gasteiger partial charge in [-0.15, -0.1) is 0 Å². The highest BCUT2D eigenvalue weighted by Crippen LogP contribution is 2.28. The summed E-state index contributed by atoms with van der Waals surface area (Å²) in [7, 11) is 0. The van der Waals surface area contributed by atoms with E-state index in [1.54, 1.807) is 12.3 Å². The number of aryl methyl sites for hydroxylation is 2. The van der Waals surface area contributed by atoms with Crippen LogP contribution in [-0.4, -0.2) is 16.3 Å². The number of nitrogens with one attached hydrogen (secondary N) is 1. The predicted molar refractivity (Wildman–Crippen MR) is 88.1 cm³/mol. The maximum absolute atomic E-state index is 10.0. The van der Waals surface area contributed by atoms with Crippen molar-refractivity contribution >= 4 is 34.4 Å². The highest BCUT2D eigenvalue weighted by Gasteiger charge is 2.09. The summed E-state index contributed by atoms with van der Waals surface area (Å²) in [5, 5.41) is 11.5. The van der Waals surface area contributed by atoms with Crippen LogP contribution in [0.4, 0.5) is 5.69 Å². The molecule has 106 valence electrons. The number of rotatable bonds is 2. The van der Waals surface area contributed by atoms with Crippen molar-refractivity contribution in [2.45, 2.75) is 13.8 Å². The summed E-state index contributed by atoms with van der Waals surface area (Å²) in [6.45, 7) is 4.12. The molecule has 0 unspecified atom stereocenters. The third-order valence-electron chi connectivity index (χ3n) is 3.61. The van der Waals surface area contributed by atoms with Crippen LogP contribution in [0.2, 0.25) is 5.02 Å². The number of nitrogens with zero attached hydrogens (tertiary/aromatic N) is 1. The zero-order chi connectivity index (χ0) is 15.0. The highest BCUT2D eigenvalue weighted by molar-refractivity contribution is 6.31. The van der Waals surface area contributed by atoms with Crippen molar-refractivity contribution in [2.24, 2.45) is 4.99 Å². The maximum Gasteiger partial charge on any atom is 0.198 e. The van der Waals surface area contributed by atoms with Crippen molar-refractivity contribution in [3.63, 3.8) is 0 Å². The molecule has 0 aliphatic heterocycles. The molecule has 1 aromatic heterocycles. The number of fused-ring (bicyclic) bond motifs is 1. The van der Waals surface area contributed by atoms with Crippen molar-refractivity contribution in [1.29, 1.82) is 0 Å². The van der Waals surface area contributed by atoms with Gasteiger partial charge in [-0.1, -0.05) is 17.7 Å². The number of halogens is 1. The summed E-state index contributed by atoms with van der Waals surface area (Å²) in [4.78, 5) is 7.36. The van der Waals surface area contributed by atoms with E-state index in [0.717, 1.165) is 16.6 Å². The van der Waals surface area contributed by atoms with E-state index in [1.165, 1.54) is 11.1 Å². The number of aromatic hydroxyl groups is 1. The van der Waals surface area contributed by atoms with Crippen LogP contribution < -0.4 is 0 Å². The van der Waals surface area contributed by atoms with Crippen LogP contribution in [0, 0.1) is 13.8 Å². The van der Waals surface area contributed by atoms with Gasteiger partial charge >= 0.3 is 0 Å². The number of aliphatic imine (C=N–C) groups is 1. The summed E-state index contributed by atoms with van der Waals surface area (Å²) in [5.41, 5.74) is 4.75. The van der Waals surface area contributed by atoms with Crippen molar-refractivity contribution in [1.82, 2.24) is 4.98 Å². The van der Waals surface area contributed by atoms with Gasteiger partial charge in [0.05, 0.1) is 11.3 Å². The fourth-order valence-electron chi connectivity index (χ4n) is 2.25. The molecular weight excluding hydrogens is 284 g/mol. The van der Waals surface area contributed by atoms with Crippen LogP contribution in [0.3, 0.4) is 0 Å². The van der Waals surface area contributed by atoms with Gasteiger partial charge in [0, 0.05) is 22.1 Å². The Morgan fingerprint density at radius 2 is 1.90 bits per heavy atom. The second-order valence-electron chi connectivity index (χ2n) is 5.10. The van der Waals surface area contributed by atoms with E-state index in [0.29, 0.717) is 10.6 Å². The van der Waals surface area contributed by atoms with Gasteiger partial charge in [-0.05, 0) is 55.3 Å². The number of aromatic nitrogens is 1. The van der Waals surface area contributed by atoms with E-state index < -0.39 is 0 Å². The lowest BCUT2D eigenvalue weighted by Gasteiger charge is -2.00. The van der Waals surface area contributed by atoms with Crippen LogP contribution >= 0.6 is 11.6 Å². The van der Waals surface area contributed by atoms with E-state index >= 15 is 0 Å². The largest absolute Gasteiger partial charge is 0.494 e. The van der Waals surface area contributed by atoms with Gasteiger partial charge in [0.1, 0.15) is 0 Å². The first-order valence-electron chi connectivity index (χ1n) is 6.66. The number of benzene rings is 2. The number of hydrogen-bond acceptors (Lipinski definition) is 2. The normalized spacial score (nSPS) is 11.6. The molecule has 0 amide bonds. The Morgan fingerprint density at radius 1 is 1.10 bits per heavy atom. The van der Waals surface area contributed by atoms with Crippen molar-refractivity contribution in [2.75, 3.05) is 0 Å². The lowest BCUT2D eigenvalue weighted by molar-refractivity contribution is 0.457. The minimum Gasteiger partial charge on any atom is -0.494 e. The maximum atomic E-state index is 10.0. The third-order valence-corrected chi connectivity index (χ3v) is 3.85. The van der Waals surface area contributed by atoms with Gasteiger partial charge in [0.25, 0.3) is 0 Å². The third kappa shape index (κ3) is 2.65. The Hall–Kier alpha value is -2.26. The second-order valence-corrected chi connectivity index (χ2v) is 5.54. The first-order chi connectivity index (χ1) is 10.0. The Balaban J connectivity index is 2.04. The molecule has 1 heterocycles. The minimum absolute atomic E-state index is 0.0971. The fourth-order valence-corrected chi connectivity index (χ4v) is 2.42. The van der Waals surface area contributed by atoms with Gasteiger partial charge in [0.2, 0.25) is 0 Å². The van der Waals surface area contributed by atoms with E-state index in [9.17, 15) is 5.11 Å². The molecule has 21 heavy (non-hydrogen) atoms. The fraction of sp³-hybridized carbons (Fsp3) is 0.118. The summed E-state index contributed by atoms with van der Waals surface area (Å²) in [6.07, 6.45) is 1.66. The predicted octanol–water partition coefficient (Wildman–Crippen LogP) is 4.89. The molecule has 0 radical (unpaired) electrons. The average molecular weight is 299 g/mol. The van der Waals surface area contributed by atoms with Crippen molar-refractivity contribution in [3.8, 4) is 5.88 Å². The molecule has 0 aliphatic rings. The summed E-state index contributed by atoms with van der Waals surface area (Å²) in [5.74, 6) is 0.0971. The Morgan fingerprint density at radius 3 is 2.67 bits per heavy atom. The van der Waals surface area contributed by atoms with Crippen LogP contribution in [0.1, 0.15) is 16.7 Å². The highest BCUT2D eigenvalue weighted by atomic mass is 35.5. The molecule has 0 saturated heterocycles. The molecule has 0 bridgehead atoms. The molecule has 3 nitrogen and oxygen atoms in total. The quantitative estimate of drug-likeness (QED) is 0.650. The first-order valence-corrected chi connectivity index (χ1v) is 7.04. The molecule has 0 atom stereocenters. The van der Waals surface area contributed by atoms with Crippen LogP contribution in [-0.2, 0) is 0 Å². The molecule has 0 fully saturated rings. The Labute approximate surface area is 127 Å². The van der Waals surface area contributed by atoms with Crippen molar-refractivity contribution in [3.05, 3.63) is 58.1 Å². The second kappa shape index (κ2) is 5.26. The lowest BCUT2D eigenvalue weighted by atomic mass is 10.1. The minimum atomic E-state index is 0.0971. The van der Waals surface area contributed by atoms with E-state index in [2.05, 4.69) is 23.8 Å². The average Bonchev–Trinajstić information content (AvgIpc) is 2.75. The monoisotopic (exact) mass is 298 g/mol. The van der Waals surface area contributed by atoms with E-state index in [-0.39, 0.29) is 5.88 Å². The zero-order valence-electron chi connectivity index (χ0n) is 11.8. The van der Waals surface area contributed by atoms with E-state index in [4.69, 9.17) is 11.6 Å². The molecule has 0 saturated carbocycles. The first kappa shape index (κ1) is 13.7. The molecule has 0 aliphatic carbocycles. The van der Waals surface area contributed by atoms with Gasteiger partial charge in [-0.25, -0.2) is 0 Å². The molecule has 3 rings (SSSR count). The molecule has 4 heteroatoms. The zero-order valence-corrected chi connectivity index (χ0v) is 12.6. The smallest absolute Gasteiger partial charge is 0.198 e. The van der Waals surface area contributed by atoms with Gasteiger partial charge in [-0.2, -0.15) is 0 Å². The van der Waals surface area contributed by atoms with Crippen LogP contribution in [0.15, 0.2) is 41.4 Å². The summed E-state index contributed by atoms with van der Waals surface area (Å²) in [6, 6.07) is 11.4. The molecular formula is C17H15ClN2O. The topological polar surface area (TPSA) is 48.4 Å². The summed E-state index contributed by atoms with van der Waals surface area (Å²) >= 11 is 6.02. The molecule has 0 spiro atoms. The lowest BCUT2D eigenvalue weighted by Crippen LogP contribution is -1.81. The van der Waals surface area contributed by atoms with E-state index in [1.807, 2.05) is 30.3 Å². The standard InChI is InChI=1S/C17H15ClN2O/c1-10-3-5-13(7-11(10)2)19-9-15-14-8-12(18)4-6-16(14)20-17(15)21/h3-9,20-21H,1-2H3. The Bertz CT molecular complexity index is 849. The van der Waals surface area contributed by atoms with Gasteiger partial charge in [0.15, 0.2) is 5.88 Å². The van der Waals surface area contributed by atoms with Gasteiger partial charge in [-0.3, -0.25) is 4.99 Å². The Kier molecular flexibility index (Phi) is 3.43. The number of aromatic amines is 1. The molecule has 2 N–H and O–H groups in total. The number of hydrogen-bond donors (Lipinski definition) is 2. The van der Waals surface area contributed by atoms with Crippen LogP contribution in [0.5, 0.6) is 5.88 Å². The SMILES string of the molecule is Cc1ccc(N=Cc2c(O)[nH]c3ccc(Cl)cc23)cc1C. The molecule has 2 aromatic carbocycles. The summed E-state index contributed by atoms with van der Waals surface area (Å²) < 4.78 is 0. The number of H-pyrrole nitrogens is 1. The van der Waals surface area contributed by atoms with Gasteiger partial charge < -0.3 is 10.1 Å². The molecule has 3 aromatic rings.